The SMILES string of the molecule is O=C(/C=C/c1ccc(F)cc1)NCCn1nc2c(cc1=O)CCC2. The molecule has 1 aliphatic carbocycles. The molecule has 3 rings (SSSR count). The van der Waals surface area contributed by atoms with Gasteiger partial charge in [0, 0.05) is 18.7 Å². The Bertz CT molecular complexity index is 825. The fourth-order valence-electron chi connectivity index (χ4n) is 2.69. The Balaban J connectivity index is 1.52. The van der Waals surface area contributed by atoms with Crippen molar-refractivity contribution in [3.63, 3.8) is 0 Å². The first kappa shape index (κ1) is 16.1. The van der Waals surface area contributed by atoms with Crippen LogP contribution in [-0.2, 0) is 24.2 Å². The van der Waals surface area contributed by atoms with Gasteiger partial charge in [0.1, 0.15) is 5.82 Å². The predicted octanol–water partition coefficient (Wildman–Crippen LogP) is 1.70. The van der Waals surface area contributed by atoms with Crippen LogP contribution in [0.15, 0.2) is 41.2 Å². The van der Waals surface area contributed by atoms with Crippen LogP contribution in [0.3, 0.4) is 0 Å². The molecule has 1 aromatic carbocycles. The normalized spacial score (nSPS) is 13.2. The van der Waals surface area contributed by atoms with Crippen molar-refractivity contribution in [3.8, 4) is 0 Å². The van der Waals surface area contributed by atoms with E-state index in [1.165, 1.54) is 22.9 Å². The van der Waals surface area contributed by atoms with E-state index in [0.717, 1.165) is 36.1 Å². The second-order valence-electron chi connectivity index (χ2n) is 5.71. The van der Waals surface area contributed by atoms with Gasteiger partial charge < -0.3 is 5.32 Å². The van der Waals surface area contributed by atoms with Crippen LogP contribution in [0.1, 0.15) is 23.2 Å². The highest BCUT2D eigenvalue weighted by molar-refractivity contribution is 5.91. The molecule has 0 atom stereocenters. The number of nitrogens with one attached hydrogen (secondary N) is 1. The number of hydrogen-bond donors (Lipinski definition) is 1. The zero-order chi connectivity index (χ0) is 16.9. The number of aryl methyl sites for hydroxylation is 2. The second kappa shape index (κ2) is 7.21. The molecule has 0 aliphatic heterocycles. The molecule has 0 saturated carbocycles. The van der Waals surface area contributed by atoms with Gasteiger partial charge in [0.2, 0.25) is 5.91 Å². The average Bonchev–Trinajstić information content (AvgIpc) is 3.01. The molecule has 1 amide bonds. The van der Waals surface area contributed by atoms with Crippen LogP contribution in [0.5, 0.6) is 0 Å². The molecule has 0 unspecified atom stereocenters. The molecule has 124 valence electrons. The van der Waals surface area contributed by atoms with Gasteiger partial charge in [-0.3, -0.25) is 9.59 Å². The minimum atomic E-state index is -0.316. The Labute approximate surface area is 138 Å². The van der Waals surface area contributed by atoms with Crippen molar-refractivity contribution >= 4 is 12.0 Å². The van der Waals surface area contributed by atoms with E-state index in [1.807, 2.05) is 0 Å². The van der Waals surface area contributed by atoms with Crippen LogP contribution in [0.2, 0.25) is 0 Å². The summed E-state index contributed by atoms with van der Waals surface area (Å²) in [4.78, 5) is 23.7. The molecule has 1 heterocycles. The van der Waals surface area contributed by atoms with E-state index in [1.54, 1.807) is 24.3 Å². The molecule has 0 fully saturated rings. The summed E-state index contributed by atoms with van der Waals surface area (Å²) >= 11 is 0. The summed E-state index contributed by atoms with van der Waals surface area (Å²) in [5, 5.41) is 7.06. The number of fused-ring (bicyclic) bond motifs is 1. The minimum absolute atomic E-state index is 0.133. The molecule has 6 heteroatoms. The Morgan fingerprint density at radius 1 is 1.29 bits per heavy atom. The predicted molar refractivity (Wildman–Crippen MR) is 89.0 cm³/mol. The lowest BCUT2D eigenvalue weighted by atomic mass is 10.2. The van der Waals surface area contributed by atoms with Crippen molar-refractivity contribution in [3.05, 3.63) is 69.4 Å². The van der Waals surface area contributed by atoms with Crippen molar-refractivity contribution in [2.24, 2.45) is 0 Å². The number of halogens is 1. The third kappa shape index (κ3) is 3.95. The number of carbonyl (C=O) groups excluding carboxylic acids is 1. The molecule has 0 spiro atoms. The van der Waals surface area contributed by atoms with Crippen LogP contribution in [-0.4, -0.2) is 22.2 Å². The van der Waals surface area contributed by atoms with E-state index in [2.05, 4.69) is 10.4 Å². The van der Waals surface area contributed by atoms with E-state index in [-0.39, 0.29) is 17.3 Å². The number of rotatable bonds is 5. The van der Waals surface area contributed by atoms with E-state index in [0.29, 0.717) is 13.1 Å². The van der Waals surface area contributed by atoms with Crippen LogP contribution in [0.4, 0.5) is 4.39 Å². The lowest BCUT2D eigenvalue weighted by Gasteiger charge is -2.07. The van der Waals surface area contributed by atoms with Gasteiger partial charge in [-0.1, -0.05) is 12.1 Å². The van der Waals surface area contributed by atoms with Crippen molar-refractivity contribution in [1.82, 2.24) is 15.1 Å². The third-order valence-electron chi connectivity index (χ3n) is 3.94. The summed E-state index contributed by atoms with van der Waals surface area (Å²) in [7, 11) is 0. The summed E-state index contributed by atoms with van der Waals surface area (Å²) in [6, 6.07) is 7.50. The molecule has 0 bridgehead atoms. The first-order valence-corrected chi connectivity index (χ1v) is 7.93. The van der Waals surface area contributed by atoms with Crippen molar-refractivity contribution in [2.75, 3.05) is 6.54 Å². The van der Waals surface area contributed by atoms with Gasteiger partial charge in [0.15, 0.2) is 0 Å². The fraction of sp³-hybridized carbons (Fsp3) is 0.278. The topological polar surface area (TPSA) is 64.0 Å². The maximum atomic E-state index is 12.8. The summed E-state index contributed by atoms with van der Waals surface area (Å²) in [6.45, 7) is 0.653. The van der Waals surface area contributed by atoms with E-state index < -0.39 is 0 Å². The summed E-state index contributed by atoms with van der Waals surface area (Å²) in [5.74, 6) is -0.586. The molecular formula is C18H18FN3O2. The lowest BCUT2D eigenvalue weighted by Crippen LogP contribution is -2.31. The van der Waals surface area contributed by atoms with E-state index in [9.17, 15) is 14.0 Å². The number of carbonyl (C=O) groups is 1. The van der Waals surface area contributed by atoms with Gasteiger partial charge in [0.25, 0.3) is 5.56 Å². The maximum absolute atomic E-state index is 12.8. The largest absolute Gasteiger partial charge is 0.351 e. The highest BCUT2D eigenvalue weighted by atomic mass is 19.1. The molecule has 1 aliphatic rings. The zero-order valence-corrected chi connectivity index (χ0v) is 13.2. The van der Waals surface area contributed by atoms with Gasteiger partial charge in [0.05, 0.1) is 12.2 Å². The summed E-state index contributed by atoms with van der Waals surface area (Å²) in [5.41, 5.74) is 2.63. The Hall–Kier alpha value is -2.76. The smallest absolute Gasteiger partial charge is 0.267 e. The molecule has 1 aromatic heterocycles. The molecular weight excluding hydrogens is 309 g/mol. The summed E-state index contributed by atoms with van der Waals surface area (Å²) < 4.78 is 14.2. The Kier molecular flexibility index (Phi) is 4.84. The maximum Gasteiger partial charge on any atom is 0.267 e. The van der Waals surface area contributed by atoms with Crippen LogP contribution in [0, 0.1) is 5.82 Å². The van der Waals surface area contributed by atoms with Gasteiger partial charge >= 0.3 is 0 Å². The van der Waals surface area contributed by atoms with Crippen molar-refractivity contribution in [1.29, 1.82) is 0 Å². The third-order valence-corrected chi connectivity index (χ3v) is 3.94. The lowest BCUT2D eigenvalue weighted by molar-refractivity contribution is -0.116. The Morgan fingerprint density at radius 2 is 2.08 bits per heavy atom. The molecule has 0 saturated heterocycles. The molecule has 5 nitrogen and oxygen atoms in total. The van der Waals surface area contributed by atoms with Crippen molar-refractivity contribution in [2.45, 2.75) is 25.8 Å². The number of amides is 1. The number of benzene rings is 1. The molecule has 0 radical (unpaired) electrons. The average molecular weight is 327 g/mol. The van der Waals surface area contributed by atoms with E-state index in [4.69, 9.17) is 0 Å². The number of nitrogens with zero attached hydrogens (tertiary/aromatic N) is 2. The van der Waals surface area contributed by atoms with Gasteiger partial charge in [-0.2, -0.15) is 5.10 Å². The van der Waals surface area contributed by atoms with Crippen LogP contribution < -0.4 is 10.9 Å². The standard InChI is InChI=1S/C18H18FN3O2/c19-15-7-4-13(5-8-15)6-9-17(23)20-10-11-22-18(24)12-14-2-1-3-16(14)21-22/h4-9,12H,1-3,10-11H2,(H,20,23)/b9-6+. The Morgan fingerprint density at radius 3 is 2.88 bits per heavy atom. The highest BCUT2D eigenvalue weighted by Crippen LogP contribution is 2.16. The van der Waals surface area contributed by atoms with Crippen molar-refractivity contribution < 1.29 is 9.18 Å². The quantitative estimate of drug-likeness (QED) is 0.850. The van der Waals surface area contributed by atoms with Gasteiger partial charge in [-0.05, 0) is 48.6 Å². The van der Waals surface area contributed by atoms with Crippen LogP contribution in [0.25, 0.3) is 6.08 Å². The number of aromatic nitrogens is 2. The minimum Gasteiger partial charge on any atom is -0.351 e. The number of hydrogen-bond acceptors (Lipinski definition) is 3. The van der Waals surface area contributed by atoms with Gasteiger partial charge in [-0.15, -0.1) is 0 Å². The molecule has 1 N–H and O–H groups in total. The molecule has 24 heavy (non-hydrogen) atoms. The summed E-state index contributed by atoms with van der Waals surface area (Å²) in [6.07, 6.45) is 5.85. The highest BCUT2D eigenvalue weighted by Gasteiger charge is 2.14. The first-order valence-electron chi connectivity index (χ1n) is 7.93. The monoisotopic (exact) mass is 327 g/mol. The zero-order valence-electron chi connectivity index (χ0n) is 13.2. The fourth-order valence-corrected chi connectivity index (χ4v) is 2.69. The molecule has 2 aromatic rings. The first-order chi connectivity index (χ1) is 11.6. The van der Waals surface area contributed by atoms with Gasteiger partial charge in [-0.25, -0.2) is 9.07 Å². The van der Waals surface area contributed by atoms with Crippen LogP contribution >= 0.6 is 0 Å². The second-order valence-corrected chi connectivity index (χ2v) is 5.71. The van der Waals surface area contributed by atoms with E-state index >= 15 is 0 Å².